The Kier molecular flexibility index (Phi) is 9.03. The van der Waals surface area contributed by atoms with Crippen molar-refractivity contribution in [2.75, 3.05) is 13.2 Å². The van der Waals surface area contributed by atoms with Crippen molar-refractivity contribution in [1.29, 1.82) is 0 Å². The van der Waals surface area contributed by atoms with Crippen LogP contribution in [0, 0.1) is 39.4 Å². The summed E-state index contributed by atoms with van der Waals surface area (Å²) in [6.07, 6.45) is -6.69. The quantitative estimate of drug-likeness (QED) is 0.185. The maximum atomic E-state index is 14.8. The van der Waals surface area contributed by atoms with Crippen molar-refractivity contribution < 1.29 is 59.9 Å². The summed E-state index contributed by atoms with van der Waals surface area (Å²) >= 11 is 0. The minimum absolute atomic E-state index is 0.0458. The number of aliphatic hydroxyl groups is 8. The molecule has 4 aliphatic carbocycles. The van der Waals surface area contributed by atoms with E-state index in [1.165, 1.54) is 0 Å². The molecular weight excluding hydrogens is 624 g/mol. The van der Waals surface area contributed by atoms with E-state index >= 15 is 0 Å². The van der Waals surface area contributed by atoms with Crippen LogP contribution in [0.2, 0.25) is 0 Å². The highest BCUT2D eigenvalue weighted by atomic mass is 16.7. The van der Waals surface area contributed by atoms with Gasteiger partial charge in [-0.3, -0.25) is 4.79 Å². The summed E-state index contributed by atoms with van der Waals surface area (Å²) in [5.74, 6) is -1.47. The van der Waals surface area contributed by atoms with Gasteiger partial charge in [-0.15, -0.1) is 0 Å². The Morgan fingerprint density at radius 3 is 2.23 bits per heavy atom. The molecule has 5 fully saturated rings. The zero-order valence-electron chi connectivity index (χ0n) is 29.1. The van der Waals surface area contributed by atoms with Gasteiger partial charge >= 0.3 is 0 Å². The van der Waals surface area contributed by atoms with Crippen LogP contribution in [0.1, 0.15) is 74.1 Å². The van der Waals surface area contributed by atoms with E-state index in [2.05, 4.69) is 6.92 Å². The lowest BCUT2D eigenvalue weighted by Gasteiger charge is -2.66. The number of rotatable bonds is 5. The number of hydrogen-bond acceptors (Lipinski definition) is 12. The first kappa shape index (κ1) is 36.5. The Morgan fingerprint density at radius 2 is 1.60 bits per heavy atom. The zero-order valence-corrected chi connectivity index (χ0v) is 29.1. The smallest absolute Gasteiger partial charge is 0.187 e. The van der Waals surface area contributed by atoms with Crippen LogP contribution in [0.3, 0.4) is 0 Å². The normalized spacial score (nSPS) is 54.9. The van der Waals surface area contributed by atoms with Gasteiger partial charge in [0, 0.05) is 35.5 Å². The average molecular weight is 681 g/mol. The summed E-state index contributed by atoms with van der Waals surface area (Å²) in [6, 6.07) is 0. The van der Waals surface area contributed by atoms with Crippen LogP contribution >= 0.6 is 0 Å². The van der Waals surface area contributed by atoms with Gasteiger partial charge in [0.1, 0.15) is 30.2 Å². The van der Waals surface area contributed by atoms with Crippen LogP contribution in [0.25, 0.3) is 0 Å². The lowest BCUT2D eigenvalue weighted by molar-refractivity contribution is -0.323. The molecule has 0 unspecified atom stereocenters. The average Bonchev–Trinajstić information content (AvgIpc) is 3.22. The fraction of sp³-hybridized carbons (Fsp3) is 0.861. The van der Waals surface area contributed by atoms with E-state index < -0.39 is 107 Å². The molecule has 2 aliphatic heterocycles. The number of carbonyl (C=O) groups excluding carboxylic acids is 1. The minimum Gasteiger partial charge on any atom is -0.394 e. The van der Waals surface area contributed by atoms with Crippen LogP contribution in [0.4, 0.5) is 0 Å². The largest absolute Gasteiger partial charge is 0.394 e. The number of fused-ring (bicyclic) bond motifs is 7. The number of ether oxygens (including phenoxy) is 3. The molecule has 2 saturated heterocycles. The number of carbonyl (C=O) groups is 1. The first-order chi connectivity index (χ1) is 22.2. The second-order valence-electron chi connectivity index (χ2n) is 17.3. The second-order valence-corrected chi connectivity index (χ2v) is 17.3. The van der Waals surface area contributed by atoms with Crippen LogP contribution in [-0.4, -0.2) is 127 Å². The molecule has 0 amide bonds. The van der Waals surface area contributed by atoms with Gasteiger partial charge in [-0.25, -0.2) is 0 Å². The minimum atomic E-state index is -1.66. The molecule has 0 radical (unpaired) electrons. The molecule has 3 saturated carbocycles. The lowest BCUT2D eigenvalue weighted by atomic mass is 9.38. The predicted octanol–water partition coefficient (Wildman–Crippen LogP) is 0.354. The Bertz CT molecular complexity index is 1340. The molecule has 0 bridgehead atoms. The zero-order chi connectivity index (χ0) is 35.5. The topological polar surface area (TPSA) is 207 Å². The van der Waals surface area contributed by atoms with Crippen LogP contribution in [0.15, 0.2) is 23.3 Å². The summed E-state index contributed by atoms with van der Waals surface area (Å²) in [4.78, 5) is 14.8. The lowest BCUT2D eigenvalue weighted by Crippen LogP contribution is -2.68. The SMILES string of the molecule is C/C(=C\[C@@H]1C[C@](C)(O)[C@H]2[C@@H](C[C@@]3(C)[C@@H]4[C@@H](O)C=C5[C@H](C[C@H](O[C@@H]6O[C@H](CO)[C@@H](O)[C@H](O)[C@H]6O)[C@H](O)C5(C)C)[C@]4(C)C(=O)C[C@]23C)O1)CO. The standard InChI is InChI=1S/C36H56O12/c1-16(14-37)8-17-11-35(6,45)29-22(46-17)12-33(4)28-20(39)9-18-19(36(28,7)24(40)13-34(29,33)5)10-21(30(44)32(18,2)3)47-31-27(43)26(42)25(41)23(15-38)48-31/h8-9,17,19-23,25-31,37-39,41-45H,10-15H2,1-7H3/b16-8+/t17-,19+,20+,21+,22-,23-,25-,26+,27-,28+,29+,30+,31-,33+,34-,35+,36-/m1/s1. The highest BCUT2D eigenvalue weighted by Crippen LogP contribution is 2.75. The first-order valence-electron chi connectivity index (χ1n) is 17.4. The summed E-state index contributed by atoms with van der Waals surface area (Å²) in [5, 5.41) is 86.5. The van der Waals surface area contributed by atoms with Crippen molar-refractivity contribution in [2.24, 2.45) is 39.4 Å². The summed E-state index contributed by atoms with van der Waals surface area (Å²) in [7, 11) is 0. The molecule has 6 aliphatic rings. The molecular formula is C36H56O12. The van der Waals surface area contributed by atoms with Gasteiger partial charge in [0.05, 0.1) is 49.3 Å². The third-order valence-electron chi connectivity index (χ3n) is 14.1. The third kappa shape index (κ3) is 5.00. The Balaban J connectivity index is 1.37. The predicted molar refractivity (Wildman–Crippen MR) is 171 cm³/mol. The molecule has 12 nitrogen and oxygen atoms in total. The fourth-order valence-corrected chi connectivity index (χ4v) is 11.6. The van der Waals surface area contributed by atoms with E-state index in [-0.39, 0.29) is 31.1 Å². The van der Waals surface area contributed by atoms with Crippen molar-refractivity contribution in [2.45, 2.75) is 141 Å². The van der Waals surface area contributed by atoms with Gasteiger partial charge in [0.25, 0.3) is 0 Å². The maximum absolute atomic E-state index is 14.8. The number of ketones is 1. The molecule has 6 rings (SSSR count). The van der Waals surface area contributed by atoms with Crippen LogP contribution in [-0.2, 0) is 19.0 Å². The second kappa shape index (κ2) is 11.9. The number of hydrogen-bond donors (Lipinski definition) is 8. The van der Waals surface area contributed by atoms with Crippen LogP contribution < -0.4 is 0 Å². The third-order valence-corrected chi connectivity index (χ3v) is 14.1. The molecule has 0 aromatic rings. The van der Waals surface area contributed by atoms with Gasteiger partial charge < -0.3 is 55.1 Å². The highest BCUT2D eigenvalue weighted by Gasteiger charge is 2.76. The van der Waals surface area contributed by atoms with Gasteiger partial charge in [0.2, 0.25) is 0 Å². The van der Waals surface area contributed by atoms with Crippen LogP contribution in [0.5, 0.6) is 0 Å². The Morgan fingerprint density at radius 1 is 0.938 bits per heavy atom. The molecule has 272 valence electrons. The molecule has 0 spiro atoms. The van der Waals surface area contributed by atoms with Gasteiger partial charge in [0.15, 0.2) is 6.29 Å². The summed E-state index contributed by atoms with van der Waals surface area (Å²) in [5.41, 5.74) is -3.13. The maximum Gasteiger partial charge on any atom is 0.187 e. The van der Waals surface area contributed by atoms with E-state index in [0.717, 1.165) is 11.1 Å². The molecule has 0 aromatic heterocycles. The van der Waals surface area contributed by atoms with Crippen molar-refractivity contribution in [3.05, 3.63) is 23.3 Å². The first-order valence-corrected chi connectivity index (χ1v) is 17.4. The Labute approximate surface area is 282 Å². The molecule has 8 N–H and O–H groups in total. The monoisotopic (exact) mass is 680 g/mol. The van der Waals surface area contributed by atoms with E-state index in [1.807, 2.05) is 40.7 Å². The van der Waals surface area contributed by atoms with E-state index in [9.17, 15) is 45.6 Å². The molecule has 17 atom stereocenters. The molecule has 0 aromatic carbocycles. The summed E-state index contributed by atoms with van der Waals surface area (Å²) < 4.78 is 18.4. The van der Waals surface area contributed by atoms with Gasteiger partial charge in [-0.1, -0.05) is 52.3 Å². The van der Waals surface area contributed by atoms with Gasteiger partial charge in [-0.2, -0.15) is 0 Å². The highest BCUT2D eigenvalue weighted by molar-refractivity contribution is 5.88. The van der Waals surface area contributed by atoms with Crippen molar-refractivity contribution in [1.82, 2.24) is 0 Å². The van der Waals surface area contributed by atoms with Crippen molar-refractivity contribution in [3.63, 3.8) is 0 Å². The summed E-state index contributed by atoms with van der Waals surface area (Å²) in [6.45, 7) is 12.6. The molecule has 12 heteroatoms. The number of Topliss-reactive ketones (excluding diaryl/α,β-unsaturated/α-hetero) is 1. The number of aliphatic hydroxyl groups excluding tert-OH is 7. The Hall–Kier alpha value is -1.29. The van der Waals surface area contributed by atoms with Gasteiger partial charge in [-0.05, 0) is 49.0 Å². The molecule has 48 heavy (non-hydrogen) atoms. The van der Waals surface area contributed by atoms with E-state index in [1.54, 1.807) is 13.0 Å². The van der Waals surface area contributed by atoms with E-state index in [0.29, 0.717) is 12.8 Å². The van der Waals surface area contributed by atoms with Crippen molar-refractivity contribution in [3.8, 4) is 0 Å². The van der Waals surface area contributed by atoms with E-state index in [4.69, 9.17) is 14.2 Å². The fourth-order valence-electron chi connectivity index (χ4n) is 11.6. The molecule has 2 heterocycles. The van der Waals surface area contributed by atoms with Crippen molar-refractivity contribution >= 4 is 5.78 Å².